The predicted octanol–water partition coefficient (Wildman–Crippen LogP) is 2.60. The summed E-state index contributed by atoms with van der Waals surface area (Å²) in [4.78, 5) is 4.47. The van der Waals surface area contributed by atoms with E-state index in [2.05, 4.69) is 18.8 Å². The summed E-state index contributed by atoms with van der Waals surface area (Å²) < 4.78 is 5.51. The van der Waals surface area contributed by atoms with Crippen LogP contribution in [0, 0.1) is 5.92 Å². The van der Waals surface area contributed by atoms with E-state index < -0.39 is 0 Å². The number of rotatable bonds is 5. The molecular formula is C14H22N2O. The molecule has 0 spiro atoms. The summed E-state index contributed by atoms with van der Waals surface area (Å²) >= 11 is 0. The van der Waals surface area contributed by atoms with Crippen molar-refractivity contribution in [1.82, 2.24) is 0 Å². The zero-order valence-corrected chi connectivity index (χ0v) is 10.9. The highest BCUT2D eigenvalue weighted by molar-refractivity contribution is 5.81. The summed E-state index contributed by atoms with van der Waals surface area (Å²) in [6.07, 6.45) is 0. The Labute approximate surface area is 104 Å². The molecule has 0 amide bonds. The maximum absolute atomic E-state index is 6.06. The molecule has 3 heteroatoms. The molecule has 0 bridgehead atoms. The van der Waals surface area contributed by atoms with Crippen LogP contribution in [0.15, 0.2) is 35.3 Å². The van der Waals surface area contributed by atoms with Gasteiger partial charge < -0.3 is 10.5 Å². The maximum Gasteiger partial charge on any atom is 0.201 e. The molecule has 0 aliphatic rings. The molecule has 0 fully saturated rings. The minimum Gasteiger partial charge on any atom is -0.480 e. The Balaban J connectivity index is 2.70. The van der Waals surface area contributed by atoms with Gasteiger partial charge in [-0.3, -0.25) is 0 Å². The fourth-order valence-electron chi connectivity index (χ4n) is 1.43. The molecule has 1 atom stereocenters. The molecule has 0 aliphatic carbocycles. The molecule has 0 radical (unpaired) electrons. The van der Waals surface area contributed by atoms with E-state index in [0.29, 0.717) is 25.0 Å². The van der Waals surface area contributed by atoms with E-state index >= 15 is 0 Å². The van der Waals surface area contributed by atoms with E-state index in [-0.39, 0.29) is 6.04 Å². The normalized spacial score (nSPS) is 13.8. The van der Waals surface area contributed by atoms with Gasteiger partial charge in [0.1, 0.15) is 0 Å². The van der Waals surface area contributed by atoms with Gasteiger partial charge in [0, 0.05) is 0 Å². The molecule has 0 saturated heterocycles. The lowest BCUT2D eigenvalue weighted by Crippen LogP contribution is -2.37. The summed E-state index contributed by atoms with van der Waals surface area (Å²) in [6.45, 7) is 7.32. The van der Waals surface area contributed by atoms with Gasteiger partial charge in [-0.05, 0) is 18.4 Å². The van der Waals surface area contributed by atoms with Crippen molar-refractivity contribution in [2.24, 2.45) is 16.6 Å². The van der Waals surface area contributed by atoms with Crippen molar-refractivity contribution in [3.8, 4) is 0 Å². The summed E-state index contributed by atoms with van der Waals surface area (Å²) in [6, 6.07) is 9.98. The van der Waals surface area contributed by atoms with Crippen molar-refractivity contribution in [2.45, 2.75) is 33.4 Å². The van der Waals surface area contributed by atoms with Crippen molar-refractivity contribution >= 4 is 5.90 Å². The molecule has 17 heavy (non-hydrogen) atoms. The summed E-state index contributed by atoms with van der Waals surface area (Å²) in [5, 5.41) is 0. The van der Waals surface area contributed by atoms with Crippen LogP contribution in [0.2, 0.25) is 0 Å². The molecule has 1 aromatic rings. The second kappa shape index (κ2) is 7.07. The molecule has 0 heterocycles. The molecular weight excluding hydrogens is 212 g/mol. The van der Waals surface area contributed by atoms with Gasteiger partial charge in [-0.15, -0.1) is 0 Å². The molecule has 0 unspecified atom stereocenters. The fourth-order valence-corrected chi connectivity index (χ4v) is 1.43. The van der Waals surface area contributed by atoms with Crippen LogP contribution in [0.1, 0.15) is 26.3 Å². The fraction of sp³-hybridized carbons (Fsp3) is 0.500. The number of benzene rings is 1. The number of nitrogens with two attached hydrogens (primary N) is 1. The van der Waals surface area contributed by atoms with Crippen molar-refractivity contribution < 1.29 is 4.74 Å². The highest BCUT2D eigenvalue weighted by Crippen LogP contribution is 2.06. The molecule has 0 aliphatic heterocycles. The van der Waals surface area contributed by atoms with Crippen LogP contribution in [-0.4, -0.2) is 18.5 Å². The number of hydrogen-bond donors (Lipinski definition) is 1. The Morgan fingerprint density at radius 1 is 1.29 bits per heavy atom. The summed E-state index contributed by atoms with van der Waals surface area (Å²) in [5.74, 6) is 0.988. The van der Waals surface area contributed by atoms with E-state index in [1.54, 1.807) is 0 Å². The van der Waals surface area contributed by atoms with Gasteiger partial charge in [0.05, 0.1) is 19.2 Å². The number of nitrogens with zero attached hydrogens (tertiary/aromatic N) is 1. The van der Waals surface area contributed by atoms with Gasteiger partial charge >= 0.3 is 0 Å². The number of hydrogen-bond acceptors (Lipinski definition) is 3. The molecule has 3 nitrogen and oxygen atoms in total. The molecule has 94 valence electrons. The van der Waals surface area contributed by atoms with Gasteiger partial charge in [-0.25, -0.2) is 4.99 Å². The third-order valence-electron chi connectivity index (χ3n) is 2.56. The lowest BCUT2D eigenvalue weighted by Gasteiger charge is -2.18. The van der Waals surface area contributed by atoms with E-state index in [1.807, 2.05) is 37.3 Å². The van der Waals surface area contributed by atoms with Gasteiger partial charge in [0.25, 0.3) is 0 Å². The largest absolute Gasteiger partial charge is 0.480 e. The first-order valence-corrected chi connectivity index (χ1v) is 6.11. The highest BCUT2D eigenvalue weighted by Gasteiger charge is 2.15. The van der Waals surface area contributed by atoms with Crippen LogP contribution in [0.3, 0.4) is 0 Å². The van der Waals surface area contributed by atoms with Crippen LogP contribution < -0.4 is 5.73 Å². The smallest absolute Gasteiger partial charge is 0.201 e. The van der Waals surface area contributed by atoms with E-state index in [9.17, 15) is 0 Å². The first kappa shape index (κ1) is 13.7. The molecule has 1 aromatic carbocycles. The Hall–Kier alpha value is -1.35. The molecule has 1 rings (SSSR count). The minimum absolute atomic E-state index is 0.126. The van der Waals surface area contributed by atoms with E-state index in [1.165, 1.54) is 5.56 Å². The van der Waals surface area contributed by atoms with Crippen LogP contribution in [0.5, 0.6) is 0 Å². The zero-order chi connectivity index (χ0) is 12.7. The third-order valence-corrected chi connectivity index (χ3v) is 2.56. The van der Waals surface area contributed by atoms with E-state index in [0.717, 1.165) is 0 Å². The average Bonchev–Trinajstić information content (AvgIpc) is 2.34. The predicted molar refractivity (Wildman–Crippen MR) is 72.0 cm³/mol. The van der Waals surface area contributed by atoms with Crippen LogP contribution >= 0.6 is 0 Å². The summed E-state index contributed by atoms with van der Waals surface area (Å²) in [5.41, 5.74) is 7.22. The van der Waals surface area contributed by atoms with Gasteiger partial charge in [-0.2, -0.15) is 0 Å². The first-order valence-electron chi connectivity index (χ1n) is 6.11. The van der Waals surface area contributed by atoms with Gasteiger partial charge in [0.2, 0.25) is 5.90 Å². The molecule has 2 N–H and O–H groups in total. The van der Waals surface area contributed by atoms with Gasteiger partial charge in [0.15, 0.2) is 0 Å². The van der Waals surface area contributed by atoms with Crippen LogP contribution in [0.25, 0.3) is 0 Å². The van der Waals surface area contributed by atoms with Crippen molar-refractivity contribution in [3.63, 3.8) is 0 Å². The standard InChI is InChI=1S/C14H22N2O/c1-4-17-14(13(15)11(2)3)16-10-12-8-6-5-7-9-12/h5-9,11,13H,4,10,15H2,1-3H3/t13-/m1/s1. The maximum atomic E-state index is 6.06. The summed E-state index contributed by atoms with van der Waals surface area (Å²) in [7, 11) is 0. The topological polar surface area (TPSA) is 47.6 Å². The van der Waals surface area contributed by atoms with Crippen LogP contribution in [0.4, 0.5) is 0 Å². The Bertz CT molecular complexity index is 346. The van der Waals surface area contributed by atoms with Crippen molar-refractivity contribution in [1.29, 1.82) is 0 Å². The Morgan fingerprint density at radius 2 is 1.94 bits per heavy atom. The monoisotopic (exact) mass is 234 g/mol. The highest BCUT2D eigenvalue weighted by atomic mass is 16.5. The Kier molecular flexibility index (Phi) is 5.70. The minimum atomic E-state index is -0.126. The third kappa shape index (κ3) is 4.57. The SMILES string of the molecule is CCOC(=NCc1ccccc1)[C@H](N)C(C)C. The molecule has 0 aromatic heterocycles. The van der Waals surface area contributed by atoms with Crippen molar-refractivity contribution in [2.75, 3.05) is 6.61 Å². The van der Waals surface area contributed by atoms with Crippen molar-refractivity contribution in [3.05, 3.63) is 35.9 Å². The quantitative estimate of drug-likeness (QED) is 0.629. The Morgan fingerprint density at radius 3 is 2.47 bits per heavy atom. The lowest BCUT2D eigenvalue weighted by atomic mass is 10.1. The lowest BCUT2D eigenvalue weighted by molar-refractivity contribution is 0.299. The van der Waals surface area contributed by atoms with Crippen LogP contribution in [-0.2, 0) is 11.3 Å². The van der Waals surface area contributed by atoms with Gasteiger partial charge in [-0.1, -0.05) is 44.2 Å². The second-order valence-corrected chi connectivity index (χ2v) is 4.34. The number of ether oxygens (including phenoxy) is 1. The first-order chi connectivity index (χ1) is 8.15. The number of aliphatic imine (C=N–C) groups is 1. The second-order valence-electron chi connectivity index (χ2n) is 4.34. The zero-order valence-electron chi connectivity index (χ0n) is 10.9. The average molecular weight is 234 g/mol. The van der Waals surface area contributed by atoms with E-state index in [4.69, 9.17) is 10.5 Å². The molecule has 0 saturated carbocycles.